The monoisotopic (exact) mass is 240 g/mol. The van der Waals surface area contributed by atoms with Crippen LogP contribution in [0.3, 0.4) is 0 Å². The van der Waals surface area contributed by atoms with Crippen LogP contribution in [0.4, 0.5) is 0 Å². The van der Waals surface area contributed by atoms with E-state index in [1.165, 1.54) is 30.4 Å². The summed E-state index contributed by atoms with van der Waals surface area (Å²) in [5.74, 6) is 4.37. The van der Waals surface area contributed by atoms with Gasteiger partial charge in [0.15, 0.2) is 0 Å². The minimum Gasteiger partial charge on any atom is -0.299 e. The summed E-state index contributed by atoms with van der Waals surface area (Å²) in [6.45, 7) is 2.09. The maximum Gasteiger partial charge on any atom is 0.140 e. The van der Waals surface area contributed by atoms with Crippen LogP contribution in [0.5, 0.6) is 0 Å². The van der Waals surface area contributed by atoms with E-state index in [0.29, 0.717) is 18.1 Å². The lowest BCUT2D eigenvalue weighted by molar-refractivity contribution is -0.120. The highest BCUT2D eigenvalue weighted by molar-refractivity contribution is 5.86. The molecule has 0 spiro atoms. The zero-order valence-electron chi connectivity index (χ0n) is 10.9. The first-order valence-corrected chi connectivity index (χ1v) is 7.32. The molecule has 0 radical (unpaired) electrons. The molecule has 0 aromatic heterocycles. The Morgan fingerprint density at radius 2 is 1.72 bits per heavy atom. The first-order valence-electron chi connectivity index (χ1n) is 7.32. The van der Waals surface area contributed by atoms with Crippen molar-refractivity contribution in [2.75, 3.05) is 0 Å². The standard InChI is InChI=1S/C17H20O/c1-10-2-4-11(5-3-10)8-14(18)17-15-12-6-7-13(9-12)16(15)17/h2-5,12-13,15-17H,6-9H2,1H3. The second-order valence-electron chi connectivity index (χ2n) is 6.64. The topological polar surface area (TPSA) is 17.1 Å². The van der Waals surface area contributed by atoms with Crippen molar-refractivity contribution in [2.24, 2.45) is 29.6 Å². The highest BCUT2D eigenvalue weighted by atomic mass is 16.1. The second-order valence-corrected chi connectivity index (χ2v) is 6.64. The van der Waals surface area contributed by atoms with Gasteiger partial charge in [-0.05, 0) is 55.4 Å². The lowest BCUT2D eigenvalue weighted by Gasteiger charge is -2.08. The third-order valence-electron chi connectivity index (χ3n) is 5.61. The van der Waals surface area contributed by atoms with E-state index >= 15 is 0 Å². The number of rotatable bonds is 3. The Hall–Kier alpha value is -1.11. The average molecular weight is 240 g/mol. The predicted molar refractivity (Wildman–Crippen MR) is 71.2 cm³/mol. The van der Waals surface area contributed by atoms with E-state index in [-0.39, 0.29) is 0 Å². The zero-order valence-corrected chi connectivity index (χ0v) is 10.9. The zero-order chi connectivity index (χ0) is 12.3. The van der Waals surface area contributed by atoms with Crippen LogP contribution in [-0.2, 0) is 11.2 Å². The van der Waals surface area contributed by atoms with Crippen molar-refractivity contribution in [3.8, 4) is 0 Å². The van der Waals surface area contributed by atoms with Gasteiger partial charge in [0.25, 0.3) is 0 Å². The molecular formula is C17H20O. The van der Waals surface area contributed by atoms with E-state index in [1.54, 1.807) is 0 Å². The highest BCUT2D eigenvalue weighted by Crippen LogP contribution is 2.69. The lowest BCUT2D eigenvalue weighted by Crippen LogP contribution is -2.12. The van der Waals surface area contributed by atoms with Gasteiger partial charge in [0, 0.05) is 12.3 Å². The van der Waals surface area contributed by atoms with Crippen LogP contribution in [0, 0.1) is 36.5 Å². The fourth-order valence-electron chi connectivity index (χ4n) is 4.78. The number of hydrogen-bond acceptors (Lipinski definition) is 1. The summed E-state index contributed by atoms with van der Waals surface area (Å²) in [5.41, 5.74) is 2.47. The van der Waals surface area contributed by atoms with Gasteiger partial charge >= 0.3 is 0 Å². The number of aryl methyl sites for hydroxylation is 1. The third-order valence-corrected chi connectivity index (χ3v) is 5.61. The molecule has 1 nitrogen and oxygen atoms in total. The van der Waals surface area contributed by atoms with Crippen molar-refractivity contribution in [3.63, 3.8) is 0 Å². The summed E-state index contributed by atoms with van der Waals surface area (Å²) in [5, 5.41) is 0. The van der Waals surface area contributed by atoms with Gasteiger partial charge in [0.05, 0.1) is 0 Å². The molecule has 3 aliphatic carbocycles. The summed E-state index contributed by atoms with van der Waals surface area (Å²) in [6.07, 6.45) is 4.90. The number of benzene rings is 1. The Kier molecular flexibility index (Phi) is 2.21. The molecule has 3 aliphatic rings. The third kappa shape index (κ3) is 1.49. The quantitative estimate of drug-likeness (QED) is 0.791. The van der Waals surface area contributed by atoms with E-state index in [2.05, 4.69) is 31.2 Å². The molecule has 1 heteroatoms. The predicted octanol–water partition coefficient (Wildman–Crippen LogP) is 3.40. The Morgan fingerprint density at radius 3 is 2.33 bits per heavy atom. The van der Waals surface area contributed by atoms with Gasteiger partial charge in [0.1, 0.15) is 5.78 Å². The summed E-state index contributed by atoms with van der Waals surface area (Å²) in [6, 6.07) is 8.44. The first kappa shape index (κ1) is 10.8. The highest BCUT2D eigenvalue weighted by Gasteiger charge is 2.66. The molecule has 4 atom stereocenters. The molecule has 0 heterocycles. The molecular weight excluding hydrogens is 220 g/mol. The summed E-state index contributed by atoms with van der Waals surface area (Å²) in [7, 11) is 0. The SMILES string of the molecule is Cc1ccc(CC(=O)C2C3C4CCC(C4)C23)cc1. The van der Waals surface area contributed by atoms with Gasteiger partial charge in [-0.15, -0.1) is 0 Å². The number of carbonyl (C=O) groups is 1. The van der Waals surface area contributed by atoms with Gasteiger partial charge in [-0.2, -0.15) is 0 Å². The number of carbonyl (C=O) groups excluding carboxylic acids is 1. The Balaban J connectivity index is 1.45. The minimum atomic E-state index is 0.442. The lowest BCUT2D eigenvalue weighted by atomic mass is 9.96. The minimum absolute atomic E-state index is 0.442. The Morgan fingerprint density at radius 1 is 1.11 bits per heavy atom. The van der Waals surface area contributed by atoms with Crippen molar-refractivity contribution < 1.29 is 4.79 Å². The van der Waals surface area contributed by atoms with Gasteiger partial charge in [0.2, 0.25) is 0 Å². The van der Waals surface area contributed by atoms with E-state index in [4.69, 9.17) is 0 Å². The second kappa shape index (κ2) is 3.69. The van der Waals surface area contributed by atoms with E-state index in [1.807, 2.05) is 0 Å². The molecule has 0 saturated heterocycles. The van der Waals surface area contributed by atoms with E-state index in [0.717, 1.165) is 23.7 Å². The molecule has 0 aliphatic heterocycles. The molecule has 4 rings (SSSR count). The van der Waals surface area contributed by atoms with Crippen molar-refractivity contribution in [1.29, 1.82) is 0 Å². The Bertz CT molecular complexity index is 471. The van der Waals surface area contributed by atoms with Gasteiger partial charge in [-0.3, -0.25) is 4.79 Å². The van der Waals surface area contributed by atoms with Gasteiger partial charge in [-0.1, -0.05) is 29.8 Å². The summed E-state index contributed by atoms with van der Waals surface area (Å²) >= 11 is 0. The molecule has 1 aromatic rings. The van der Waals surface area contributed by atoms with Crippen LogP contribution in [0.25, 0.3) is 0 Å². The van der Waals surface area contributed by atoms with Crippen molar-refractivity contribution in [1.82, 2.24) is 0 Å². The molecule has 0 N–H and O–H groups in total. The fourth-order valence-corrected chi connectivity index (χ4v) is 4.78. The molecule has 4 unspecified atom stereocenters. The molecule has 0 amide bonds. The maximum absolute atomic E-state index is 12.4. The van der Waals surface area contributed by atoms with Crippen LogP contribution in [0.15, 0.2) is 24.3 Å². The molecule has 2 bridgehead atoms. The van der Waals surface area contributed by atoms with Crippen LogP contribution in [0.2, 0.25) is 0 Å². The smallest absolute Gasteiger partial charge is 0.140 e. The van der Waals surface area contributed by atoms with Crippen LogP contribution < -0.4 is 0 Å². The van der Waals surface area contributed by atoms with E-state index in [9.17, 15) is 4.79 Å². The normalized spacial score (nSPS) is 39.7. The van der Waals surface area contributed by atoms with Crippen molar-refractivity contribution >= 4 is 5.78 Å². The largest absolute Gasteiger partial charge is 0.299 e. The fraction of sp³-hybridized carbons (Fsp3) is 0.588. The van der Waals surface area contributed by atoms with Crippen LogP contribution in [0.1, 0.15) is 30.4 Å². The number of fused-ring (bicyclic) bond motifs is 5. The van der Waals surface area contributed by atoms with Gasteiger partial charge < -0.3 is 0 Å². The molecule has 3 fully saturated rings. The first-order chi connectivity index (χ1) is 8.74. The summed E-state index contributed by atoms with van der Waals surface area (Å²) in [4.78, 5) is 12.4. The molecule has 1 aromatic carbocycles. The van der Waals surface area contributed by atoms with Gasteiger partial charge in [-0.25, -0.2) is 0 Å². The number of Topliss-reactive ketones (excluding diaryl/α,β-unsaturated/α-hetero) is 1. The molecule has 18 heavy (non-hydrogen) atoms. The van der Waals surface area contributed by atoms with Crippen LogP contribution >= 0.6 is 0 Å². The Labute approximate surface area is 109 Å². The molecule has 94 valence electrons. The summed E-state index contributed by atoms with van der Waals surface area (Å²) < 4.78 is 0. The maximum atomic E-state index is 12.4. The van der Waals surface area contributed by atoms with Crippen molar-refractivity contribution in [2.45, 2.75) is 32.6 Å². The number of hydrogen-bond donors (Lipinski definition) is 0. The van der Waals surface area contributed by atoms with Crippen molar-refractivity contribution in [3.05, 3.63) is 35.4 Å². The average Bonchev–Trinajstić information content (AvgIpc) is 2.82. The van der Waals surface area contributed by atoms with E-state index < -0.39 is 0 Å². The number of ketones is 1. The van der Waals surface area contributed by atoms with Crippen LogP contribution in [-0.4, -0.2) is 5.78 Å². The molecule has 3 saturated carbocycles.